The fourth-order valence-electron chi connectivity index (χ4n) is 2.64. The number of amides is 3. The fraction of sp³-hybridized carbons (Fsp3) is 0.444. The molecule has 134 valence electrons. The van der Waals surface area contributed by atoms with E-state index >= 15 is 0 Å². The van der Waals surface area contributed by atoms with Crippen LogP contribution in [0, 0.1) is 12.8 Å². The summed E-state index contributed by atoms with van der Waals surface area (Å²) in [5, 5.41) is 4.42. The fourth-order valence-corrected chi connectivity index (χ4v) is 2.64. The third kappa shape index (κ3) is 5.14. The number of nitrogens with zero attached hydrogens (tertiary/aromatic N) is 1. The summed E-state index contributed by atoms with van der Waals surface area (Å²) >= 11 is 0. The number of carbonyl (C=O) groups is 3. The van der Waals surface area contributed by atoms with E-state index in [2.05, 4.69) is 59.6 Å². The minimum Gasteiger partial charge on any atom is -0.347 e. The van der Waals surface area contributed by atoms with Crippen LogP contribution in [0.25, 0.3) is 11.0 Å². The van der Waals surface area contributed by atoms with Crippen LogP contribution in [0.3, 0.4) is 0 Å². The molecule has 1 fully saturated rings. The molecule has 3 amide bonds. The van der Waals surface area contributed by atoms with Gasteiger partial charge in [-0.1, -0.05) is 26.0 Å². The van der Waals surface area contributed by atoms with E-state index in [1.54, 1.807) is 0 Å². The molecular formula is C18H24N4O3. The number of imide groups is 1. The highest BCUT2D eigenvalue weighted by atomic mass is 16.2. The second-order valence-electron chi connectivity index (χ2n) is 6.54. The van der Waals surface area contributed by atoms with Gasteiger partial charge in [-0.05, 0) is 30.9 Å². The zero-order valence-corrected chi connectivity index (χ0v) is 14.8. The van der Waals surface area contributed by atoms with E-state index in [1.165, 1.54) is 5.56 Å². The highest BCUT2D eigenvalue weighted by Crippen LogP contribution is 2.16. The molecule has 1 unspecified atom stereocenters. The van der Waals surface area contributed by atoms with Gasteiger partial charge in [0.15, 0.2) is 0 Å². The maximum Gasteiger partial charge on any atom is 0.249 e. The Hall–Kier alpha value is -2.70. The lowest BCUT2D eigenvalue weighted by molar-refractivity contribution is -0.135. The number of rotatable bonds is 4. The van der Waals surface area contributed by atoms with Crippen molar-refractivity contribution >= 4 is 29.3 Å². The van der Waals surface area contributed by atoms with Crippen LogP contribution >= 0.6 is 0 Å². The van der Waals surface area contributed by atoms with Crippen molar-refractivity contribution in [2.45, 2.75) is 46.1 Å². The Balaban J connectivity index is 0.000000186. The Morgan fingerprint density at radius 2 is 2.12 bits per heavy atom. The van der Waals surface area contributed by atoms with Crippen molar-refractivity contribution in [2.24, 2.45) is 5.92 Å². The monoisotopic (exact) mass is 344 g/mol. The van der Waals surface area contributed by atoms with Crippen LogP contribution in [-0.2, 0) is 20.8 Å². The van der Waals surface area contributed by atoms with Crippen LogP contribution in [0.4, 0.5) is 0 Å². The molecule has 1 aliphatic rings. The first kappa shape index (κ1) is 18.6. The molecule has 1 aliphatic heterocycles. The Morgan fingerprint density at radius 1 is 1.36 bits per heavy atom. The molecule has 3 rings (SSSR count). The molecule has 1 aromatic carbocycles. The van der Waals surface area contributed by atoms with Crippen molar-refractivity contribution in [3.05, 3.63) is 29.6 Å². The highest BCUT2D eigenvalue weighted by Gasteiger charge is 2.25. The molecular weight excluding hydrogens is 320 g/mol. The first-order valence-corrected chi connectivity index (χ1v) is 8.38. The minimum atomic E-state index is -0.537. The van der Waals surface area contributed by atoms with Gasteiger partial charge < -0.3 is 10.3 Å². The molecule has 0 radical (unpaired) electrons. The predicted octanol–water partition coefficient (Wildman–Crippen LogP) is 1.61. The number of fused-ring (bicyclic) bond motifs is 1. The van der Waals surface area contributed by atoms with Crippen molar-refractivity contribution in [1.29, 1.82) is 0 Å². The maximum absolute atomic E-state index is 10.8. The number of hydrogen-bond acceptors (Lipinski definition) is 4. The number of piperidine rings is 1. The number of hydrogen-bond donors (Lipinski definition) is 3. The van der Waals surface area contributed by atoms with Crippen LogP contribution in [0.2, 0.25) is 0 Å². The van der Waals surface area contributed by atoms with Crippen LogP contribution in [-0.4, -0.2) is 34.2 Å². The summed E-state index contributed by atoms with van der Waals surface area (Å²) in [6, 6.07) is 5.71. The lowest BCUT2D eigenvalue weighted by Crippen LogP contribution is -2.50. The summed E-state index contributed by atoms with van der Waals surface area (Å²) in [5.74, 6) is 1.05. The van der Waals surface area contributed by atoms with Crippen LogP contribution in [0.15, 0.2) is 18.2 Å². The van der Waals surface area contributed by atoms with Crippen molar-refractivity contribution in [3.8, 4) is 0 Å². The van der Waals surface area contributed by atoms with E-state index in [0.717, 1.165) is 23.3 Å². The number of H-pyrrole nitrogens is 1. The van der Waals surface area contributed by atoms with Gasteiger partial charge in [0.1, 0.15) is 11.9 Å². The van der Waals surface area contributed by atoms with Crippen molar-refractivity contribution < 1.29 is 14.4 Å². The van der Waals surface area contributed by atoms with E-state index in [4.69, 9.17) is 0 Å². The average Bonchev–Trinajstić information content (AvgIpc) is 2.94. The third-order valence-corrected chi connectivity index (χ3v) is 3.87. The molecule has 7 heteroatoms. The predicted molar refractivity (Wildman–Crippen MR) is 94.7 cm³/mol. The second-order valence-corrected chi connectivity index (χ2v) is 6.54. The van der Waals surface area contributed by atoms with Gasteiger partial charge in [-0.15, -0.1) is 0 Å². The van der Waals surface area contributed by atoms with E-state index in [-0.39, 0.29) is 12.3 Å². The second kappa shape index (κ2) is 8.41. The van der Waals surface area contributed by atoms with Crippen molar-refractivity contribution in [1.82, 2.24) is 20.6 Å². The number of aryl methyl sites for hydroxylation is 1. The SMILES string of the molecule is Cc1cccc2[nH]c(CC(C)C)nc12.O=CNC1CCC(=O)NC1=O. The highest BCUT2D eigenvalue weighted by molar-refractivity contribution is 6.00. The summed E-state index contributed by atoms with van der Waals surface area (Å²) in [6.45, 7) is 6.52. The topological polar surface area (TPSA) is 104 Å². The van der Waals surface area contributed by atoms with Gasteiger partial charge >= 0.3 is 0 Å². The molecule has 2 aromatic rings. The molecule has 0 saturated carbocycles. The minimum absolute atomic E-state index is 0.279. The number of aromatic nitrogens is 2. The molecule has 7 nitrogen and oxygen atoms in total. The quantitative estimate of drug-likeness (QED) is 0.579. The Morgan fingerprint density at radius 3 is 2.72 bits per heavy atom. The van der Waals surface area contributed by atoms with Crippen molar-refractivity contribution in [3.63, 3.8) is 0 Å². The Kier molecular flexibility index (Phi) is 6.27. The first-order valence-electron chi connectivity index (χ1n) is 8.38. The van der Waals surface area contributed by atoms with Gasteiger partial charge in [0.25, 0.3) is 0 Å². The summed E-state index contributed by atoms with van der Waals surface area (Å²) in [5.41, 5.74) is 3.51. The van der Waals surface area contributed by atoms with Gasteiger partial charge in [-0.25, -0.2) is 4.98 Å². The lowest BCUT2D eigenvalue weighted by Gasteiger charge is -2.19. The lowest BCUT2D eigenvalue weighted by atomic mass is 10.1. The van der Waals surface area contributed by atoms with E-state index < -0.39 is 11.9 Å². The number of imidazole rings is 1. The molecule has 1 atom stereocenters. The number of nitrogens with one attached hydrogen (secondary N) is 3. The number of carbonyl (C=O) groups excluding carboxylic acids is 3. The molecule has 3 N–H and O–H groups in total. The molecule has 0 bridgehead atoms. The van der Waals surface area contributed by atoms with Crippen LogP contribution in [0.1, 0.15) is 38.1 Å². The van der Waals surface area contributed by atoms with E-state index in [0.29, 0.717) is 18.7 Å². The van der Waals surface area contributed by atoms with Gasteiger partial charge in [-0.3, -0.25) is 19.7 Å². The molecule has 25 heavy (non-hydrogen) atoms. The maximum atomic E-state index is 10.8. The van der Waals surface area contributed by atoms with Gasteiger partial charge in [0, 0.05) is 12.8 Å². The van der Waals surface area contributed by atoms with Gasteiger partial charge in [-0.2, -0.15) is 0 Å². The largest absolute Gasteiger partial charge is 0.347 e. The zero-order valence-electron chi connectivity index (χ0n) is 14.8. The van der Waals surface area contributed by atoms with Gasteiger partial charge in [0.2, 0.25) is 18.2 Å². The van der Waals surface area contributed by atoms with E-state index in [9.17, 15) is 14.4 Å². The average molecular weight is 344 g/mol. The molecule has 1 saturated heterocycles. The van der Waals surface area contributed by atoms with Crippen LogP contribution in [0.5, 0.6) is 0 Å². The Labute approximate surface area is 146 Å². The molecule has 0 aliphatic carbocycles. The molecule has 2 heterocycles. The summed E-state index contributed by atoms with van der Waals surface area (Å²) in [6.07, 6.45) is 2.16. The number of para-hydroxylation sites is 1. The summed E-state index contributed by atoms with van der Waals surface area (Å²) in [4.78, 5) is 39.3. The van der Waals surface area contributed by atoms with Crippen LogP contribution < -0.4 is 10.6 Å². The smallest absolute Gasteiger partial charge is 0.249 e. The third-order valence-electron chi connectivity index (χ3n) is 3.87. The summed E-state index contributed by atoms with van der Waals surface area (Å²) < 4.78 is 0. The molecule has 1 aromatic heterocycles. The standard InChI is InChI=1S/C12H16N2.C6H8N2O3/c1-8(2)7-11-13-10-6-4-5-9(3)12(10)14-11;9-3-7-4-1-2-5(10)8-6(4)11/h4-6,8H,7H2,1-3H3,(H,13,14);3-4H,1-2H2,(H,7,9)(H,8,10,11). The van der Waals surface area contributed by atoms with E-state index in [1.807, 2.05) is 0 Å². The zero-order chi connectivity index (χ0) is 18.4. The van der Waals surface area contributed by atoms with Crippen molar-refractivity contribution in [2.75, 3.05) is 0 Å². The summed E-state index contributed by atoms with van der Waals surface area (Å²) in [7, 11) is 0. The number of aromatic amines is 1. The normalized spacial score (nSPS) is 17.0. The number of benzene rings is 1. The Bertz CT molecular complexity index is 767. The van der Waals surface area contributed by atoms with Gasteiger partial charge in [0.05, 0.1) is 11.0 Å². The molecule has 0 spiro atoms. The first-order chi connectivity index (χ1) is 11.9.